The molecule has 20 heavy (non-hydrogen) atoms. The molecule has 1 aromatic carbocycles. The van der Waals surface area contributed by atoms with E-state index in [1.165, 1.54) is 12.1 Å². The van der Waals surface area contributed by atoms with Gasteiger partial charge in [-0.05, 0) is 54.0 Å². The van der Waals surface area contributed by atoms with E-state index in [1.807, 2.05) is 0 Å². The van der Waals surface area contributed by atoms with Gasteiger partial charge in [-0.3, -0.25) is 4.79 Å². The van der Waals surface area contributed by atoms with Crippen LogP contribution in [0.3, 0.4) is 0 Å². The molecule has 2 rings (SSSR count). The van der Waals surface area contributed by atoms with E-state index in [0.29, 0.717) is 21.2 Å². The van der Waals surface area contributed by atoms with Gasteiger partial charge in [0, 0.05) is 9.72 Å². The van der Waals surface area contributed by atoms with Gasteiger partial charge in [-0.1, -0.05) is 11.6 Å². The lowest BCUT2D eigenvalue weighted by Crippen LogP contribution is -2.30. The SMILES string of the molecule is O=C(CSC1CCNCC1)Nc1c(Cl)cc(F)cc1Br. The Morgan fingerprint density at radius 2 is 2.20 bits per heavy atom. The van der Waals surface area contributed by atoms with Crippen LogP contribution in [0.25, 0.3) is 0 Å². The van der Waals surface area contributed by atoms with Crippen LogP contribution in [0.1, 0.15) is 12.8 Å². The molecule has 1 aromatic rings. The van der Waals surface area contributed by atoms with Gasteiger partial charge < -0.3 is 10.6 Å². The number of carbonyl (C=O) groups excluding carboxylic acids is 1. The summed E-state index contributed by atoms with van der Waals surface area (Å²) in [5.41, 5.74) is 0.420. The summed E-state index contributed by atoms with van der Waals surface area (Å²) in [6, 6.07) is 2.46. The zero-order valence-electron chi connectivity index (χ0n) is 10.7. The molecule has 0 radical (unpaired) electrons. The normalized spacial score (nSPS) is 16.1. The van der Waals surface area contributed by atoms with Gasteiger partial charge in [0.25, 0.3) is 0 Å². The Hall–Kier alpha value is -0.300. The summed E-state index contributed by atoms with van der Waals surface area (Å²) in [5.74, 6) is -0.183. The molecule has 0 aromatic heterocycles. The number of hydrogen-bond acceptors (Lipinski definition) is 3. The van der Waals surface area contributed by atoms with Crippen molar-refractivity contribution in [3.05, 3.63) is 27.4 Å². The van der Waals surface area contributed by atoms with Crippen molar-refractivity contribution >= 4 is 50.9 Å². The molecule has 0 saturated carbocycles. The van der Waals surface area contributed by atoms with Crippen molar-refractivity contribution in [3.63, 3.8) is 0 Å². The second-order valence-corrected chi connectivity index (χ2v) is 7.10. The number of anilines is 1. The van der Waals surface area contributed by atoms with Gasteiger partial charge in [0.2, 0.25) is 5.91 Å². The highest BCUT2D eigenvalue weighted by atomic mass is 79.9. The predicted octanol–water partition coefficient (Wildman–Crippen LogP) is 3.67. The number of piperidine rings is 1. The van der Waals surface area contributed by atoms with E-state index in [-0.39, 0.29) is 10.9 Å². The zero-order chi connectivity index (χ0) is 14.5. The van der Waals surface area contributed by atoms with Crippen LogP contribution >= 0.6 is 39.3 Å². The van der Waals surface area contributed by atoms with E-state index in [1.54, 1.807) is 11.8 Å². The summed E-state index contributed by atoms with van der Waals surface area (Å²) in [6.07, 6.45) is 2.16. The van der Waals surface area contributed by atoms with Gasteiger partial charge in [0.1, 0.15) is 5.82 Å². The Morgan fingerprint density at radius 1 is 1.50 bits per heavy atom. The smallest absolute Gasteiger partial charge is 0.234 e. The molecule has 0 bridgehead atoms. The molecule has 1 aliphatic heterocycles. The van der Waals surface area contributed by atoms with Gasteiger partial charge >= 0.3 is 0 Å². The standard InChI is InChI=1S/C13H15BrClFN2OS/c14-10-5-8(16)6-11(15)13(10)18-12(19)7-20-9-1-3-17-4-2-9/h5-6,9,17H,1-4,7H2,(H,18,19). The summed E-state index contributed by atoms with van der Waals surface area (Å²) in [6.45, 7) is 2.02. The second kappa shape index (κ2) is 7.64. The van der Waals surface area contributed by atoms with Crippen LogP contribution in [0.2, 0.25) is 5.02 Å². The van der Waals surface area contributed by atoms with Crippen LogP contribution in [0, 0.1) is 5.82 Å². The van der Waals surface area contributed by atoms with Gasteiger partial charge in [0.15, 0.2) is 0 Å². The van der Waals surface area contributed by atoms with Gasteiger partial charge in [-0.2, -0.15) is 0 Å². The molecule has 1 amide bonds. The van der Waals surface area contributed by atoms with Crippen LogP contribution in [-0.4, -0.2) is 30.0 Å². The van der Waals surface area contributed by atoms with Crippen LogP contribution in [-0.2, 0) is 4.79 Å². The van der Waals surface area contributed by atoms with E-state index < -0.39 is 5.82 Å². The molecule has 2 N–H and O–H groups in total. The topological polar surface area (TPSA) is 41.1 Å². The Kier molecular flexibility index (Phi) is 6.14. The molecule has 7 heteroatoms. The molecule has 110 valence electrons. The molecule has 0 spiro atoms. The van der Waals surface area contributed by atoms with Crippen molar-refractivity contribution in [1.29, 1.82) is 0 Å². The summed E-state index contributed by atoms with van der Waals surface area (Å²) < 4.78 is 13.5. The third kappa shape index (κ3) is 4.62. The number of thioether (sulfide) groups is 1. The van der Waals surface area contributed by atoms with Gasteiger partial charge in [-0.15, -0.1) is 11.8 Å². The van der Waals surface area contributed by atoms with Crippen molar-refractivity contribution in [2.45, 2.75) is 18.1 Å². The van der Waals surface area contributed by atoms with E-state index >= 15 is 0 Å². The molecule has 1 fully saturated rings. The molecular formula is C13H15BrClFN2OS. The molecule has 0 unspecified atom stereocenters. The van der Waals surface area contributed by atoms with E-state index in [2.05, 4.69) is 26.6 Å². The maximum atomic E-state index is 13.1. The molecule has 1 heterocycles. The number of benzene rings is 1. The van der Waals surface area contributed by atoms with E-state index in [9.17, 15) is 9.18 Å². The summed E-state index contributed by atoms with van der Waals surface area (Å²) in [5, 5.41) is 6.73. The highest BCUT2D eigenvalue weighted by Crippen LogP contribution is 2.32. The Morgan fingerprint density at radius 3 is 2.85 bits per heavy atom. The fourth-order valence-corrected chi connectivity index (χ4v) is 3.92. The first-order valence-electron chi connectivity index (χ1n) is 6.33. The van der Waals surface area contributed by atoms with Crippen LogP contribution < -0.4 is 10.6 Å². The molecule has 1 saturated heterocycles. The lowest BCUT2D eigenvalue weighted by molar-refractivity contribution is -0.113. The molecule has 0 aliphatic carbocycles. The minimum atomic E-state index is -0.441. The fraction of sp³-hybridized carbons (Fsp3) is 0.462. The molecule has 3 nitrogen and oxygen atoms in total. The fourth-order valence-electron chi connectivity index (χ4n) is 1.99. The average molecular weight is 382 g/mol. The van der Waals surface area contributed by atoms with Gasteiger partial charge in [-0.25, -0.2) is 4.39 Å². The Balaban J connectivity index is 1.88. The predicted molar refractivity (Wildman–Crippen MR) is 86.1 cm³/mol. The number of amides is 1. The maximum Gasteiger partial charge on any atom is 0.234 e. The Labute approximate surface area is 135 Å². The third-order valence-corrected chi connectivity index (χ3v) is 5.30. The first-order valence-corrected chi connectivity index (χ1v) is 8.55. The zero-order valence-corrected chi connectivity index (χ0v) is 13.9. The van der Waals surface area contributed by atoms with E-state index in [0.717, 1.165) is 25.9 Å². The number of rotatable bonds is 4. The highest BCUT2D eigenvalue weighted by Gasteiger charge is 2.16. The number of hydrogen-bond donors (Lipinski definition) is 2. The van der Waals surface area contributed by atoms with Crippen LogP contribution in [0.15, 0.2) is 16.6 Å². The van der Waals surface area contributed by atoms with Crippen molar-refractivity contribution in [1.82, 2.24) is 5.32 Å². The minimum Gasteiger partial charge on any atom is -0.323 e. The third-order valence-electron chi connectivity index (χ3n) is 3.01. The van der Waals surface area contributed by atoms with Crippen molar-refractivity contribution in [2.75, 3.05) is 24.2 Å². The van der Waals surface area contributed by atoms with Crippen LogP contribution in [0.5, 0.6) is 0 Å². The van der Waals surface area contributed by atoms with Crippen molar-refractivity contribution < 1.29 is 9.18 Å². The first kappa shape index (κ1) is 16.1. The average Bonchev–Trinajstić information content (AvgIpc) is 2.42. The van der Waals surface area contributed by atoms with Crippen molar-refractivity contribution in [2.24, 2.45) is 0 Å². The number of halogens is 3. The maximum absolute atomic E-state index is 13.1. The Bertz CT molecular complexity index is 474. The quantitative estimate of drug-likeness (QED) is 0.836. The first-order chi connectivity index (χ1) is 9.56. The van der Waals surface area contributed by atoms with Crippen LogP contribution in [0.4, 0.5) is 10.1 Å². The lowest BCUT2D eigenvalue weighted by atomic mass is 10.2. The van der Waals surface area contributed by atoms with Gasteiger partial charge in [0.05, 0.1) is 16.5 Å². The number of carbonyl (C=O) groups is 1. The molecule has 1 aliphatic rings. The van der Waals surface area contributed by atoms with E-state index in [4.69, 9.17) is 11.6 Å². The molecule has 0 atom stereocenters. The molecular weight excluding hydrogens is 367 g/mol. The second-order valence-electron chi connectivity index (χ2n) is 4.55. The number of nitrogens with one attached hydrogen (secondary N) is 2. The largest absolute Gasteiger partial charge is 0.323 e. The lowest BCUT2D eigenvalue weighted by Gasteiger charge is -2.21. The highest BCUT2D eigenvalue weighted by molar-refractivity contribution is 9.10. The summed E-state index contributed by atoms with van der Waals surface area (Å²) in [7, 11) is 0. The van der Waals surface area contributed by atoms with Crippen molar-refractivity contribution in [3.8, 4) is 0 Å². The minimum absolute atomic E-state index is 0.122. The summed E-state index contributed by atoms with van der Waals surface area (Å²) in [4.78, 5) is 11.9. The summed E-state index contributed by atoms with van der Waals surface area (Å²) >= 11 is 10.8. The monoisotopic (exact) mass is 380 g/mol.